The minimum Gasteiger partial charge on any atom is -0.376 e. The van der Waals surface area contributed by atoms with Crippen LogP contribution in [0.15, 0.2) is 30.7 Å². The summed E-state index contributed by atoms with van der Waals surface area (Å²) in [4.78, 5) is 4.00. The zero-order valence-corrected chi connectivity index (χ0v) is 16.8. The van der Waals surface area contributed by atoms with Crippen molar-refractivity contribution in [2.75, 3.05) is 6.61 Å². The Bertz CT molecular complexity index is 879. The van der Waals surface area contributed by atoms with Gasteiger partial charge in [0.25, 0.3) is 0 Å². The fraction of sp³-hybridized carbons (Fsp3) is 0.467. The normalized spacial score (nSPS) is 13.0. The van der Waals surface area contributed by atoms with E-state index in [1.54, 1.807) is 6.20 Å². The van der Waals surface area contributed by atoms with E-state index < -0.39 is 29.4 Å². The van der Waals surface area contributed by atoms with E-state index in [0.717, 1.165) is 24.4 Å². The van der Waals surface area contributed by atoms with Crippen molar-refractivity contribution in [3.05, 3.63) is 30.7 Å². The molecule has 0 aliphatic heterocycles. The number of ether oxygens (including phenoxy) is 1. The van der Waals surface area contributed by atoms with Crippen LogP contribution >= 0.6 is 0 Å². The number of halogens is 3. The van der Waals surface area contributed by atoms with Gasteiger partial charge in [0, 0.05) is 44.8 Å². The van der Waals surface area contributed by atoms with Gasteiger partial charge >= 0.3 is 15.6 Å². The van der Waals surface area contributed by atoms with Gasteiger partial charge in [-0.1, -0.05) is 19.6 Å². The molecule has 0 N–H and O–H groups in total. The zero-order valence-electron chi connectivity index (χ0n) is 15.0. The maximum Gasteiger partial charge on any atom is 0.534 e. The molecule has 0 fully saturated rings. The smallest absolute Gasteiger partial charge is 0.376 e. The third-order valence-electron chi connectivity index (χ3n) is 3.37. The molecule has 0 bridgehead atoms. The Balaban J connectivity index is 2.04. The molecule has 0 saturated heterocycles. The van der Waals surface area contributed by atoms with Gasteiger partial charge in [0.2, 0.25) is 0 Å². The average Bonchev–Trinajstić information content (AvgIpc) is 2.98. The van der Waals surface area contributed by atoms with Crippen LogP contribution in [0, 0.1) is 0 Å². The molecule has 150 valence electrons. The Kier molecular flexibility index (Phi) is 6.32. The van der Waals surface area contributed by atoms with Crippen LogP contribution in [0.25, 0.3) is 11.3 Å². The fourth-order valence-corrected chi connectivity index (χ4v) is 3.11. The van der Waals surface area contributed by atoms with Crippen molar-refractivity contribution in [3.8, 4) is 17.0 Å². The summed E-state index contributed by atoms with van der Waals surface area (Å²) in [7, 11) is -6.93. The van der Waals surface area contributed by atoms with Crippen molar-refractivity contribution in [2.24, 2.45) is 0 Å². The van der Waals surface area contributed by atoms with Gasteiger partial charge in [-0.05, 0) is 6.04 Å². The molecule has 2 rings (SSSR count). The van der Waals surface area contributed by atoms with E-state index in [4.69, 9.17) is 4.74 Å². The Hall–Kier alpha value is -1.92. The molecule has 0 atom stereocenters. The van der Waals surface area contributed by atoms with Gasteiger partial charge < -0.3 is 8.92 Å². The highest BCUT2D eigenvalue weighted by atomic mass is 32.2. The Morgan fingerprint density at radius 3 is 2.59 bits per heavy atom. The topological polar surface area (TPSA) is 83.3 Å². The lowest BCUT2D eigenvalue weighted by molar-refractivity contribution is -0.0500. The van der Waals surface area contributed by atoms with E-state index in [0.29, 0.717) is 12.2 Å². The van der Waals surface area contributed by atoms with Gasteiger partial charge in [0.15, 0.2) is 0 Å². The third kappa shape index (κ3) is 6.32. The summed E-state index contributed by atoms with van der Waals surface area (Å²) in [5.74, 6) is -0.489. The fourth-order valence-electron chi connectivity index (χ4n) is 1.90. The molecule has 2 aromatic rings. The number of rotatable bonds is 8. The first kappa shape index (κ1) is 21.4. The molecule has 0 saturated carbocycles. The summed E-state index contributed by atoms with van der Waals surface area (Å²) in [6.45, 7) is 7.55. The van der Waals surface area contributed by atoms with E-state index in [2.05, 4.69) is 33.9 Å². The molecular weight excluding hydrogens is 403 g/mol. The van der Waals surface area contributed by atoms with Crippen LogP contribution in [0.3, 0.4) is 0 Å². The monoisotopic (exact) mass is 423 g/mol. The lowest BCUT2D eigenvalue weighted by atomic mass is 10.2. The van der Waals surface area contributed by atoms with Crippen LogP contribution in [-0.2, 0) is 21.6 Å². The molecule has 7 nitrogen and oxygen atoms in total. The van der Waals surface area contributed by atoms with Gasteiger partial charge in [-0.2, -0.15) is 26.7 Å². The second-order valence-corrected chi connectivity index (χ2v) is 14.1. The molecule has 2 heterocycles. The molecule has 2 aromatic heterocycles. The van der Waals surface area contributed by atoms with E-state index in [9.17, 15) is 21.6 Å². The van der Waals surface area contributed by atoms with Crippen molar-refractivity contribution in [2.45, 2.75) is 37.9 Å². The summed E-state index contributed by atoms with van der Waals surface area (Å²) in [6, 6.07) is 3.13. The first-order chi connectivity index (χ1) is 12.4. The van der Waals surface area contributed by atoms with Gasteiger partial charge in [0.1, 0.15) is 12.5 Å². The van der Waals surface area contributed by atoms with Crippen molar-refractivity contribution < 1.29 is 30.5 Å². The van der Waals surface area contributed by atoms with Gasteiger partial charge in [-0.25, -0.2) is 4.68 Å². The second-order valence-electron chi connectivity index (χ2n) is 6.98. The second kappa shape index (κ2) is 7.98. The maximum absolute atomic E-state index is 12.4. The van der Waals surface area contributed by atoms with Gasteiger partial charge in [0.05, 0.1) is 11.9 Å². The Labute approximate surface area is 156 Å². The van der Waals surface area contributed by atoms with Crippen molar-refractivity contribution in [1.29, 1.82) is 0 Å². The van der Waals surface area contributed by atoms with Crippen LogP contribution in [0.5, 0.6) is 5.75 Å². The van der Waals surface area contributed by atoms with Gasteiger partial charge in [-0.3, -0.25) is 4.98 Å². The molecule has 0 radical (unpaired) electrons. The predicted octanol–water partition coefficient (Wildman–Crippen LogP) is 3.49. The van der Waals surface area contributed by atoms with Gasteiger partial charge in [-0.15, -0.1) is 0 Å². The van der Waals surface area contributed by atoms with Crippen LogP contribution < -0.4 is 4.18 Å². The minimum atomic E-state index is -5.74. The van der Waals surface area contributed by atoms with Crippen LogP contribution in [0.1, 0.15) is 0 Å². The molecule has 0 amide bonds. The van der Waals surface area contributed by atoms with Crippen LogP contribution in [0.2, 0.25) is 25.7 Å². The van der Waals surface area contributed by atoms with Crippen molar-refractivity contribution in [1.82, 2.24) is 14.8 Å². The lowest BCUT2D eigenvalue weighted by Crippen LogP contribution is -2.28. The SMILES string of the molecule is C[Si](C)(C)CCOCn1cc(-c2cc(OS(=O)(=O)C(F)(F)F)ccn2)cn1. The molecule has 0 aliphatic rings. The number of nitrogens with zero attached hydrogens (tertiary/aromatic N) is 3. The van der Waals surface area contributed by atoms with E-state index in [1.165, 1.54) is 10.9 Å². The Morgan fingerprint density at radius 2 is 1.96 bits per heavy atom. The molecule has 0 aliphatic carbocycles. The van der Waals surface area contributed by atoms with E-state index >= 15 is 0 Å². The first-order valence-corrected chi connectivity index (χ1v) is 13.1. The summed E-state index contributed by atoms with van der Waals surface area (Å²) in [5, 5.41) is 4.09. The number of aromatic nitrogens is 3. The zero-order chi connectivity index (χ0) is 20.3. The highest BCUT2D eigenvalue weighted by Gasteiger charge is 2.48. The Morgan fingerprint density at radius 1 is 1.26 bits per heavy atom. The largest absolute Gasteiger partial charge is 0.534 e. The lowest BCUT2D eigenvalue weighted by Gasteiger charge is -2.15. The molecular formula is C15H20F3N3O4SSi. The van der Waals surface area contributed by atoms with E-state index in [-0.39, 0.29) is 12.4 Å². The molecule has 0 spiro atoms. The summed E-state index contributed by atoms with van der Waals surface area (Å²) < 4.78 is 70.6. The van der Waals surface area contributed by atoms with E-state index in [1.807, 2.05) is 0 Å². The highest BCUT2D eigenvalue weighted by molar-refractivity contribution is 7.88. The van der Waals surface area contributed by atoms with Crippen molar-refractivity contribution in [3.63, 3.8) is 0 Å². The van der Waals surface area contributed by atoms with Crippen LogP contribution in [0.4, 0.5) is 13.2 Å². The predicted molar refractivity (Wildman–Crippen MR) is 95.2 cm³/mol. The molecule has 12 heteroatoms. The highest BCUT2D eigenvalue weighted by Crippen LogP contribution is 2.28. The number of hydrogen-bond donors (Lipinski definition) is 0. The average molecular weight is 423 g/mol. The number of alkyl halides is 3. The molecule has 0 unspecified atom stereocenters. The van der Waals surface area contributed by atoms with Crippen LogP contribution in [-0.4, -0.2) is 43.4 Å². The standard InChI is InChI=1S/C15H20F3N3O4SSi/c1-27(2,3)7-6-24-11-21-10-12(9-20-21)14-8-13(4-5-19-14)25-26(22,23)15(16,17)18/h4-5,8-10H,6-7,11H2,1-3H3. The van der Waals surface area contributed by atoms with Crippen molar-refractivity contribution >= 4 is 18.2 Å². The quantitative estimate of drug-likeness (QED) is 0.280. The summed E-state index contributed by atoms with van der Waals surface area (Å²) in [5.41, 5.74) is -4.80. The number of pyridine rings is 1. The first-order valence-electron chi connectivity index (χ1n) is 7.95. The minimum absolute atomic E-state index is 0.221. The molecule has 0 aromatic carbocycles. The third-order valence-corrected chi connectivity index (χ3v) is 6.05. The maximum atomic E-state index is 12.4. The summed E-state index contributed by atoms with van der Waals surface area (Å²) >= 11 is 0. The summed E-state index contributed by atoms with van der Waals surface area (Å²) in [6.07, 6.45) is 4.20. The molecule has 27 heavy (non-hydrogen) atoms. The number of hydrogen-bond acceptors (Lipinski definition) is 6.